The van der Waals surface area contributed by atoms with Crippen molar-refractivity contribution < 1.29 is 4.79 Å². The fourth-order valence-corrected chi connectivity index (χ4v) is 6.77. The van der Waals surface area contributed by atoms with E-state index >= 15 is 0 Å². The first-order chi connectivity index (χ1) is 12.1. The molecule has 4 aliphatic carbocycles. The molecule has 1 unspecified atom stereocenters. The normalized spacial score (nSPS) is 38.0. The first-order valence-corrected chi connectivity index (χ1v) is 10.8. The van der Waals surface area contributed by atoms with Gasteiger partial charge in [0.25, 0.3) is 0 Å². The summed E-state index contributed by atoms with van der Waals surface area (Å²) in [6.07, 6.45) is 11.8. The Morgan fingerprint density at radius 3 is 2.12 bits per heavy atom. The summed E-state index contributed by atoms with van der Waals surface area (Å²) in [6.45, 7) is 5.42. The molecule has 4 nitrogen and oxygen atoms in total. The van der Waals surface area contributed by atoms with Crippen LogP contribution in [-0.2, 0) is 4.79 Å². The number of carbonyl (C=O) groups is 1. The van der Waals surface area contributed by atoms with E-state index in [1.165, 1.54) is 57.8 Å². The molecule has 0 aromatic carbocycles. The van der Waals surface area contributed by atoms with E-state index in [0.29, 0.717) is 5.91 Å². The average Bonchev–Trinajstić information content (AvgIpc) is 2.58. The van der Waals surface area contributed by atoms with Gasteiger partial charge in [-0.1, -0.05) is 0 Å². The van der Waals surface area contributed by atoms with Crippen molar-refractivity contribution in [1.29, 1.82) is 0 Å². The van der Waals surface area contributed by atoms with Crippen molar-refractivity contribution in [1.82, 2.24) is 15.5 Å². The van der Waals surface area contributed by atoms with Crippen molar-refractivity contribution in [3.8, 4) is 0 Å². The highest BCUT2D eigenvalue weighted by Gasteiger charge is 2.51. The topological polar surface area (TPSA) is 44.4 Å². The third-order valence-electron chi connectivity index (χ3n) is 7.81. The minimum Gasteiger partial charge on any atom is -0.349 e. The van der Waals surface area contributed by atoms with Crippen molar-refractivity contribution in [3.05, 3.63) is 0 Å². The van der Waals surface area contributed by atoms with Gasteiger partial charge in [0.05, 0.1) is 6.04 Å². The Hall–Kier alpha value is -0.320. The van der Waals surface area contributed by atoms with Crippen LogP contribution in [0.4, 0.5) is 0 Å². The van der Waals surface area contributed by atoms with Gasteiger partial charge in [0.2, 0.25) is 5.91 Å². The van der Waals surface area contributed by atoms with Crippen molar-refractivity contribution in [2.45, 2.75) is 76.3 Å². The number of likely N-dealkylation sites (tertiary alicyclic amines) is 1. The highest BCUT2D eigenvalue weighted by Crippen LogP contribution is 2.55. The number of hydrogen-bond acceptors (Lipinski definition) is 3. The van der Waals surface area contributed by atoms with Crippen molar-refractivity contribution >= 4 is 18.3 Å². The van der Waals surface area contributed by atoms with E-state index in [2.05, 4.69) is 22.5 Å². The van der Waals surface area contributed by atoms with Crippen LogP contribution in [0.3, 0.4) is 0 Å². The molecule has 150 valence electrons. The summed E-state index contributed by atoms with van der Waals surface area (Å²) in [6, 6.07) is 0.0401. The molecule has 4 saturated carbocycles. The summed E-state index contributed by atoms with van der Waals surface area (Å²) >= 11 is 0. The molecule has 4 bridgehead atoms. The number of halogens is 1. The van der Waals surface area contributed by atoms with Crippen molar-refractivity contribution in [2.24, 2.45) is 23.7 Å². The Balaban J connectivity index is 0.00000196. The van der Waals surface area contributed by atoms with Crippen LogP contribution in [0.5, 0.6) is 0 Å². The van der Waals surface area contributed by atoms with Crippen LogP contribution in [0.1, 0.15) is 64.7 Å². The number of amides is 1. The molecule has 0 aromatic rings. The molecule has 5 rings (SSSR count). The molecule has 2 N–H and O–H groups in total. The van der Waals surface area contributed by atoms with E-state index in [0.717, 1.165) is 43.3 Å². The molecule has 0 aromatic heterocycles. The maximum Gasteiger partial charge on any atom is 0.237 e. The van der Waals surface area contributed by atoms with E-state index in [9.17, 15) is 4.79 Å². The number of hydrogen-bond donors (Lipinski definition) is 2. The Bertz CT molecular complexity index is 454. The molecular formula is C21H38ClN3O. The van der Waals surface area contributed by atoms with E-state index in [-0.39, 0.29) is 24.0 Å². The van der Waals surface area contributed by atoms with E-state index in [1.807, 2.05) is 7.05 Å². The fraction of sp³-hybridized carbons (Fsp3) is 0.952. The lowest BCUT2D eigenvalue weighted by Gasteiger charge is -2.57. The minimum absolute atomic E-state index is 0. The van der Waals surface area contributed by atoms with Gasteiger partial charge >= 0.3 is 0 Å². The number of rotatable bonds is 6. The number of nitrogens with zero attached hydrogens (tertiary/aromatic N) is 1. The van der Waals surface area contributed by atoms with Gasteiger partial charge in [-0.15, -0.1) is 12.4 Å². The van der Waals surface area contributed by atoms with Gasteiger partial charge in [0, 0.05) is 5.54 Å². The second kappa shape index (κ2) is 8.36. The first kappa shape index (κ1) is 20.4. The van der Waals surface area contributed by atoms with Gasteiger partial charge in [-0.2, -0.15) is 0 Å². The molecule has 1 heterocycles. The average molecular weight is 384 g/mol. The van der Waals surface area contributed by atoms with Gasteiger partial charge in [-0.05, 0) is 115 Å². The molecule has 1 saturated heterocycles. The third-order valence-corrected chi connectivity index (χ3v) is 7.81. The molecule has 5 fully saturated rings. The summed E-state index contributed by atoms with van der Waals surface area (Å²) in [5, 5.41) is 6.84. The van der Waals surface area contributed by atoms with Crippen LogP contribution in [-0.4, -0.2) is 49.1 Å². The summed E-state index contributed by atoms with van der Waals surface area (Å²) in [4.78, 5) is 15.4. The maximum absolute atomic E-state index is 13.0. The highest BCUT2D eigenvalue weighted by molar-refractivity contribution is 5.85. The molecule has 5 heteroatoms. The fourth-order valence-electron chi connectivity index (χ4n) is 6.77. The van der Waals surface area contributed by atoms with E-state index < -0.39 is 0 Å². The number of nitrogens with one attached hydrogen (secondary N) is 2. The van der Waals surface area contributed by atoms with Gasteiger partial charge < -0.3 is 10.6 Å². The number of piperidine rings is 1. The second-order valence-corrected chi connectivity index (χ2v) is 9.73. The minimum atomic E-state index is 0. The number of carbonyl (C=O) groups excluding carboxylic acids is 1. The Kier molecular flexibility index (Phi) is 6.57. The largest absolute Gasteiger partial charge is 0.349 e. The molecule has 0 spiro atoms. The predicted molar refractivity (Wildman–Crippen MR) is 109 cm³/mol. The van der Waals surface area contributed by atoms with Crippen LogP contribution < -0.4 is 10.6 Å². The predicted octanol–water partition coefficient (Wildman–Crippen LogP) is 3.20. The molecule has 1 atom stereocenters. The zero-order valence-electron chi connectivity index (χ0n) is 16.6. The zero-order chi connectivity index (χ0) is 17.4. The van der Waals surface area contributed by atoms with Crippen LogP contribution >= 0.6 is 12.4 Å². The van der Waals surface area contributed by atoms with E-state index in [1.54, 1.807) is 0 Å². The summed E-state index contributed by atoms with van der Waals surface area (Å²) in [5.41, 5.74) is 0.158. The van der Waals surface area contributed by atoms with E-state index in [4.69, 9.17) is 0 Å². The van der Waals surface area contributed by atoms with Crippen LogP contribution in [0, 0.1) is 23.7 Å². The Labute approximate surface area is 165 Å². The third kappa shape index (κ3) is 4.23. The highest BCUT2D eigenvalue weighted by atomic mass is 35.5. The van der Waals surface area contributed by atoms with Crippen LogP contribution in [0.15, 0.2) is 0 Å². The maximum atomic E-state index is 13.0. The Morgan fingerprint density at radius 2 is 1.62 bits per heavy atom. The van der Waals surface area contributed by atoms with Gasteiger partial charge in [0.15, 0.2) is 0 Å². The quantitative estimate of drug-likeness (QED) is 0.740. The zero-order valence-corrected chi connectivity index (χ0v) is 17.5. The monoisotopic (exact) mass is 383 g/mol. The van der Waals surface area contributed by atoms with Crippen LogP contribution in [0.25, 0.3) is 0 Å². The molecule has 26 heavy (non-hydrogen) atoms. The Morgan fingerprint density at radius 1 is 1.08 bits per heavy atom. The lowest BCUT2D eigenvalue weighted by molar-refractivity contribution is -0.132. The summed E-state index contributed by atoms with van der Waals surface area (Å²) in [5.74, 6) is 3.82. The van der Waals surface area contributed by atoms with Gasteiger partial charge in [-0.3, -0.25) is 9.69 Å². The lowest BCUT2D eigenvalue weighted by Crippen LogP contribution is -2.62. The SMILES string of the molecule is CNCCC1CCN(C(C)C(=O)NC23CC4CC(CC(C4)C2)C3)CC1.Cl. The molecule has 5 aliphatic rings. The molecular weight excluding hydrogens is 346 g/mol. The second-order valence-electron chi connectivity index (χ2n) is 9.73. The van der Waals surface area contributed by atoms with Crippen LogP contribution in [0.2, 0.25) is 0 Å². The standard InChI is InChI=1S/C21H37N3O.ClH/c1-15(24-7-4-16(5-8-24)3-6-22-2)20(25)23-21-12-17-9-18(13-21)11-19(10-17)14-21;/h15-19,22H,3-14H2,1-2H3,(H,23,25);1H. The molecule has 0 radical (unpaired) electrons. The van der Waals surface area contributed by atoms with Gasteiger partial charge in [-0.25, -0.2) is 0 Å². The summed E-state index contributed by atoms with van der Waals surface area (Å²) in [7, 11) is 2.03. The van der Waals surface area contributed by atoms with Gasteiger partial charge in [0.1, 0.15) is 0 Å². The lowest BCUT2D eigenvalue weighted by atomic mass is 9.53. The van der Waals surface area contributed by atoms with Crippen molar-refractivity contribution in [2.75, 3.05) is 26.7 Å². The summed E-state index contributed by atoms with van der Waals surface area (Å²) < 4.78 is 0. The smallest absolute Gasteiger partial charge is 0.237 e. The molecule has 1 amide bonds. The van der Waals surface area contributed by atoms with Crippen molar-refractivity contribution in [3.63, 3.8) is 0 Å². The molecule has 1 aliphatic heterocycles. The first-order valence-electron chi connectivity index (χ1n) is 10.8.